The van der Waals surface area contributed by atoms with Crippen LogP contribution in [0.1, 0.15) is 17.8 Å². The summed E-state index contributed by atoms with van der Waals surface area (Å²) in [4.78, 5) is 4.76. The highest BCUT2D eigenvalue weighted by molar-refractivity contribution is 8.19. The van der Waals surface area contributed by atoms with Gasteiger partial charge in [-0.25, -0.2) is 13.4 Å². The molecular formula is C25H23N3O3S2. The lowest BCUT2D eigenvalue weighted by Crippen LogP contribution is -2.12. The number of nitrogens with one attached hydrogen (secondary N) is 1. The fourth-order valence-corrected chi connectivity index (χ4v) is 6.29. The molecule has 6 nitrogen and oxygen atoms in total. The Morgan fingerprint density at radius 3 is 2.52 bits per heavy atom. The van der Waals surface area contributed by atoms with E-state index in [2.05, 4.69) is 4.72 Å². The fourth-order valence-electron chi connectivity index (χ4n) is 3.74. The molecule has 0 amide bonds. The van der Waals surface area contributed by atoms with E-state index in [0.717, 1.165) is 46.1 Å². The molecule has 2 heterocycles. The van der Waals surface area contributed by atoms with Gasteiger partial charge < -0.3 is 9.30 Å². The topological polar surface area (TPSA) is 73.2 Å². The molecule has 1 N–H and O–H groups in total. The molecule has 0 saturated carbocycles. The van der Waals surface area contributed by atoms with Gasteiger partial charge in [0.05, 0.1) is 16.7 Å². The first kappa shape index (κ1) is 21.6. The van der Waals surface area contributed by atoms with Gasteiger partial charge in [0.1, 0.15) is 21.6 Å². The Labute approximate surface area is 197 Å². The van der Waals surface area contributed by atoms with Gasteiger partial charge in [-0.15, -0.1) is 11.8 Å². The van der Waals surface area contributed by atoms with Crippen molar-refractivity contribution in [2.45, 2.75) is 12.8 Å². The molecular weight excluding hydrogens is 454 g/mol. The van der Waals surface area contributed by atoms with Crippen LogP contribution in [0.2, 0.25) is 0 Å². The van der Waals surface area contributed by atoms with E-state index in [-0.39, 0.29) is 0 Å². The molecule has 0 saturated heterocycles. The average molecular weight is 478 g/mol. The minimum atomic E-state index is -3.53. The van der Waals surface area contributed by atoms with Crippen molar-refractivity contribution >= 4 is 38.5 Å². The number of nitrogens with zero attached hydrogens (tertiary/aromatic N) is 2. The summed E-state index contributed by atoms with van der Waals surface area (Å²) < 4.78 is 36.1. The first-order chi connectivity index (χ1) is 16.0. The largest absolute Gasteiger partial charge is 0.457 e. The summed E-state index contributed by atoms with van der Waals surface area (Å²) in [6, 6.07) is 23.1. The van der Waals surface area contributed by atoms with Gasteiger partial charge in [0.15, 0.2) is 0 Å². The lowest BCUT2D eigenvalue weighted by atomic mass is 10.1. The van der Waals surface area contributed by atoms with Crippen molar-refractivity contribution in [3.05, 3.63) is 94.5 Å². The maximum absolute atomic E-state index is 12.6. The monoisotopic (exact) mass is 477 g/mol. The number of benzene rings is 3. The summed E-state index contributed by atoms with van der Waals surface area (Å²) in [7, 11) is -1.56. The second kappa shape index (κ2) is 8.96. The molecule has 0 unspecified atom stereocenters. The van der Waals surface area contributed by atoms with Crippen molar-refractivity contribution in [2.75, 3.05) is 10.5 Å². The highest BCUT2D eigenvalue weighted by atomic mass is 32.3. The molecule has 0 radical (unpaired) electrons. The van der Waals surface area contributed by atoms with Gasteiger partial charge in [-0.1, -0.05) is 36.4 Å². The summed E-state index contributed by atoms with van der Waals surface area (Å²) in [6.45, 7) is 0. The standard InChI is InChI=1S/C25H23N3O3S2/c1-28-23-14-11-19(27-33(29,30)25-8-5-15-32-25)17-22(23)26-24(28)16-18-9-12-21(13-10-18)31-20-6-3-2-4-7-20/h2-4,6-14,17,27H,5,15-16H2,1H3. The summed E-state index contributed by atoms with van der Waals surface area (Å²) in [6.07, 6.45) is 3.20. The Morgan fingerprint density at radius 1 is 1.03 bits per heavy atom. The average Bonchev–Trinajstić information content (AvgIpc) is 3.45. The highest BCUT2D eigenvalue weighted by Crippen LogP contribution is 2.31. The summed E-state index contributed by atoms with van der Waals surface area (Å²) in [5, 5.41) is 0. The Bertz CT molecular complexity index is 1430. The van der Waals surface area contributed by atoms with Crippen LogP contribution in [0.4, 0.5) is 5.69 Å². The summed E-state index contributed by atoms with van der Waals surface area (Å²) in [5.74, 6) is 3.28. The molecule has 1 aromatic heterocycles. The van der Waals surface area contributed by atoms with Crippen LogP contribution >= 0.6 is 11.8 Å². The zero-order chi connectivity index (χ0) is 22.8. The van der Waals surface area contributed by atoms with E-state index >= 15 is 0 Å². The number of rotatable bonds is 7. The predicted molar refractivity (Wildman–Crippen MR) is 134 cm³/mol. The van der Waals surface area contributed by atoms with Gasteiger partial charge in [0.25, 0.3) is 10.0 Å². The number of ether oxygens (including phenoxy) is 1. The summed E-state index contributed by atoms with van der Waals surface area (Å²) in [5.41, 5.74) is 3.33. The van der Waals surface area contributed by atoms with Crippen molar-refractivity contribution in [1.82, 2.24) is 9.55 Å². The lowest BCUT2D eigenvalue weighted by molar-refractivity contribution is 0.482. The Kier molecular flexibility index (Phi) is 5.86. The molecule has 4 aromatic rings. The third kappa shape index (κ3) is 4.77. The van der Waals surface area contributed by atoms with Crippen LogP contribution in [-0.2, 0) is 23.5 Å². The highest BCUT2D eigenvalue weighted by Gasteiger charge is 2.21. The van der Waals surface area contributed by atoms with E-state index in [4.69, 9.17) is 9.72 Å². The second-order valence-electron chi connectivity index (χ2n) is 7.79. The number of aryl methyl sites for hydroxylation is 1. The normalized spacial score (nSPS) is 13.8. The third-order valence-corrected chi connectivity index (χ3v) is 8.53. The minimum absolute atomic E-state index is 0.393. The third-order valence-electron chi connectivity index (χ3n) is 5.43. The lowest BCUT2D eigenvalue weighted by Gasteiger charge is -2.08. The van der Waals surface area contributed by atoms with E-state index in [9.17, 15) is 8.42 Å². The Morgan fingerprint density at radius 2 is 1.79 bits per heavy atom. The molecule has 8 heteroatoms. The Hall–Kier alpha value is -3.23. The molecule has 1 aliphatic heterocycles. The van der Waals surface area contributed by atoms with E-state index in [1.165, 1.54) is 11.8 Å². The zero-order valence-electron chi connectivity index (χ0n) is 18.1. The number of hydrogen-bond acceptors (Lipinski definition) is 5. The van der Waals surface area contributed by atoms with E-state index < -0.39 is 10.0 Å². The van der Waals surface area contributed by atoms with Crippen molar-refractivity contribution < 1.29 is 13.2 Å². The number of hydrogen-bond donors (Lipinski definition) is 1. The van der Waals surface area contributed by atoms with Crippen LogP contribution < -0.4 is 9.46 Å². The number of anilines is 1. The second-order valence-corrected chi connectivity index (χ2v) is 10.8. The number of aromatic nitrogens is 2. The van der Waals surface area contributed by atoms with Crippen molar-refractivity contribution in [3.63, 3.8) is 0 Å². The molecule has 0 spiro atoms. The molecule has 0 atom stereocenters. The van der Waals surface area contributed by atoms with Crippen LogP contribution in [0.5, 0.6) is 11.5 Å². The van der Waals surface area contributed by atoms with Crippen LogP contribution in [0, 0.1) is 0 Å². The molecule has 5 rings (SSSR count). The molecule has 0 bridgehead atoms. The Balaban J connectivity index is 1.33. The molecule has 0 aliphatic carbocycles. The maximum Gasteiger partial charge on any atom is 0.267 e. The van der Waals surface area contributed by atoms with Gasteiger partial charge in [-0.3, -0.25) is 4.72 Å². The number of sulfonamides is 1. The first-order valence-corrected chi connectivity index (χ1v) is 13.1. The van der Waals surface area contributed by atoms with Gasteiger partial charge in [-0.05, 0) is 54.4 Å². The van der Waals surface area contributed by atoms with Crippen LogP contribution in [0.3, 0.4) is 0 Å². The quantitative estimate of drug-likeness (QED) is 0.371. The van der Waals surface area contributed by atoms with Gasteiger partial charge in [-0.2, -0.15) is 0 Å². The van der Waals surface area contributed by atoms with Crippen LogP contribution in [0.25, 0.3) is 11.0 Å². The zero-order valence-corrected chi connectivity index (χ0v) is 19.7. The van der Waals surface area contributed by atoms with Crippen molar-refractivity contribution in [1.29, 1.82) is 0 Å². The SMILES string of the molecule is Cn1c(Cc2ccc(Oc3ccccc3)cc2)nc2cc(NS(=O)(=O)C3=CCCS3)ccc21. The number of allylic oxidation sites excluding steroid dienone is 1. The van der Waals surface area contributed by atoms with Gasteiger partial charge in [0.2, 0.25) is 0 Å². The van der Waals surface area contributed by atoms with E-state index in [0.29, 0.717) is 16.3 Å². The molecule has 1 aliphatic rings. The van der Waals surface area contributed by atoms with Crippen LogP contribution in [0.15, 0.2) is 83.1 Å². The van der Waals surface area contributed by atoms with Crippen molar-refractivity contribution in [2.24, 2.45) is 7.05 Å². The number of imidazole rings is 1. The minimum Gasteiger partial charge on any atom is -0.457 e. The van der Waals surface area contributed by atoms with E-state index in [1.807, 2.05) is 72.3 Å². The maximum atomic E-state index is 12.6. The first-order valence-electron chi connectivity index (χ1n) is 10.6. The van der Waals surface area contributed by atoms with Gasteiger partial charge >= 0.3 is 0 Å². The molecule has 3 aromatic carbocycles. The predicted octanol–water partition coefficient (Wildman–Crippen LogP) is 5.68. The number of thioether (sulfide) groups is 1. The molecule has 33 heavy (non-hydrogen) atoms. The molecule has 168 valence electrons. The number of fused-ring (bicyclic) bond motifs is 1. The summed E-state index contributed by atoms with van der Waals surface area (Å²) >= 11 is 1.36. The van der Waals surface area contributed by atoms with Crippen LogP contribution in [-0.4, -0.2) is 23.7 Å². The fraction of sp³-hybridized carbons (Fsp3) is 0.160. The van der Waals surface area contributed by atoms with E-state index in [1.54, 1.807) is 18.2 Å². The molecule has 0 fully saturated rings. The number of para-hydroxylation sites is 1. The van der Waals surface area contributed by atoms with Gasteiger partial charge in [0, 0.05) is 19.2 Å². The smallest absolute Gasteiger partial charge is 0.267 e. The van der Waals surface area contributed by atoms with Crippen molar-refractivity contribution in [3.8, 4) is 11.5 Å².